The molecule has 3 aromatic rings. The van der Waals surface area contributed by atoms with Crippen LogP contribution in [0, 0.1) is 13.8 Å². The standard InChI is InChI=1S/C22H24N6O/c1-15-5-4-10-23-21(15)27-20-7-3-6-18(26-20)17-8-11-28(12-9-17)22(29)19-14-24-16(2)13-25-19/h3-7,10,13-14,17H,8-9,11-12H2,1-2H3,(H,23,26,27). The van der Waals surface area contributed by atoms with Gasteiger partial charge < -0.3 is 10.2 Å². The smallest absolute Gasteiger partial charge is 0.274 e. The summed E-state index contributed by atoms with van der Waals surface area (Å²) in [5, 5.41) is 3.30. The van der Waals surface area contributed by atoms with E-state index in [2.05, 4.69) is 26.3 Å². The molecule has 0 saturated carbocycles. The molecule has 148 valence electrons. The van der Waals surface area contributed by atoms with Crippen LogP contribution in [0.3, 0.4) is 0 Å². The van der Waals surface area contributed by atoms with Crippen molar-refractivity contribution in [2.45, 2.75) is 32.6 Å². The number of aromatic nitrogens is 4. The zero-order valence-corrected chi connectivity index (χ0v) is 16.7. The van der Waals surface area contributed by atoms with Gasteiger partial charge in [-0.25, -0.2) is 15.0 Å². The summed E-state index contributed by atoms with van der Waals surface area (Å²) in [6, 6.07) is 9.96. The number of aryl methyl sites for hydroxylation is 2. The van der Waals surface area contributed by atoms with Crippen LogP contribution in [-0.2, 0) is 0 Å². The first kappa shape index (κ1) is 19.0. The van der Waals surface area contributed by atoms with Gasteiger partial charge >= 0.3 is 0 Å². The number of likely N-dealkylation sites (tertiary alicyclic amines) is 1. The molecule has 0 spiro atoms. The minimum Gasteiger partial charge on any atom is -0.337 e. The Morgan fingerprint density at radius 1 is 1.03 bits per heavy atom. The van der Waals surface area contributed by atoms with Crippen molar-refractivity contribution in [3.8, 4) is 0 Å². The summed E-state index contributed by atoms with van der Waals surface area (Å²) in [6.07, 6.45) is 6.71. The molecule has 1 fully saturated rings. The molecule has 0 unspecified atom stereocenters. The summed E-state index contributed by atoms with van der Waals surface area (Å²) < 4.78 is 0. The van der Waals surface area contributed by atoms with Crippen molar-refractivity contribution in [3.05, 3.63) is 71.6 Å². The maximum Gasteiger partial charge on any atom is 0.274 e. The zero-order valence-electron chi connectivity index (χ0n) is 16.7. The van der Waals surface area contributed by atoms with Gasteiger partial charge in [0.1, 0.15) is 17.3 Å². The number of rotatable bonds is 4. The third kappa shape index (κ3) is 4.39. The van der Waals surface area contributed by atoms with Crippen LogP contribution < -0.4 is 5.32 Å². The Balaban J connectivity index is 1.40. The molecule has 29 heavy (non-hydrogen) atoms. The Kier molecular flexibility index (Phi) is 5.46. The van der Waals surface area contributed by atoms with Gasteiger partial charge in [0.2, 0.25) is 0 Å². The lowest BCUT2D eigenvalue weighted by Gasteiger charge is -2.31. The molecule has 0 aromatic carbocycles. The van der Waals surface area contributed by atoms with Crippen LogP contribution in [0.15, 0.2) is 48.9 Å². The monoisotopic (exact) mass is 388 g/mol. The van der Waals surface area contributed by atoms with Gasteiger partial charge in [-0.3, -0.25) is 9.78 Å². The van der Waals surface area contributed by atoms with Gasteiger partial charge in [0, 0.05) is 37.1 Å². The summed E-state index contributed by atoms with van der Waals surface area (Å²) in [7, 11) is 0. The molecule has 1 aliphatic heterocycles. The fourth-order valence-electron chi connectivity index (χ4n) is 3.53. The van der Waals surface area contributed by atoms with Crippen LogP contribution in [-0.4, -0.2) is 43.8 Å². The van der Waals surface area contributed by atoms with Gasteiger partial charge in [0.25, 0.3) is 5.91 Å². The van der Waals surface area contributed by atoms with Crippen LogP contribution in [0.4, 0.5) is 11.6 Å². The van der Waals surface area contributed by atoms with E-state index in [1.807, 2.05) is 43.0 Å². The molecule has 1 aliphatic rings. The molecule has 4 heterocycles. The van der Waals surface area contributed by atoms with Gasteiger partial charge in [-0.2, -0.15) is 0 Å². The summed E-state index contributed by atoms with van der Waals surface area (Å²) >= 11 is 0. The highest BCUT2D eigenvalue weighted by Gasteiger charge is 2.26. The van der Waals surface area contributed by atoms with E-state index in [0.717, 1.165) is 41.4 Å². The fourth-order valence-corrected chi connectivity index (χ4v) is 3.53. The second kappa shape index (κ2) is 8.34. The van der Waals surface area contributed by atoms with Crippen LogP contribution in [0.1, 0.15) is 46.2 Å². The first-order valence-corrected chi connectivity index (χ1v) is 9.83. The highest BCUT2D eigenvalue weighted by Crippen LogP contribution is 2.28. The number of anilines is 2. The number of carbonyl (C=O) groups is 1. The van der Waals surface area contributed by atoms with Crippen molar-refractivity contribution in [2.24, 2.45) is 0 Å². The lowest BCUT2D eigenvalue weighted by atomic mass is 9.93. The highest BCUT2D eigenvalue weighted by molar-refractivity contribution is 5.92. The number of nitrogens with zero attached hydrogens (tertiary/aromatic N) is 5. The predicted octanol–water partition coefficient (Wildman–Crippen LogP) is 3.65. The molecule has 1 N–H and O–H groups in total. The van der Waals surface area contributed by atoms with Crippen molar-refractivity contribution >= 4 is 17.5 Å². The summed E-state index contributed by atoms with van der Waals surface area (Å²) in [4.78, 5) is 32.0. The Morgan fingerprint density at radius 2 is 1.86 bits per heavy atom. The van der Waals surface area contributed by atoms with E-state index in [1.54, 1.807) is 18.6 Å². The quantitative estimate of drug-likeness (QED) is 0.734. The van der Waals surface area contributed by atoms with Crippen molar-refractivity contribution in [1.82, 2.24) is 24.8 Å². The molecule has 0 aliphatic carbocycles. The van der Waals surface area contributed by atoms with Gasteiger partial charge in [-0.1, -0.05) is 12.1 Å². The Labute approximate surface area is 170 Å². The molecule has 7 heteroatoms. The average Bonchev–Trinajstić information content (AvgIpc) is 2.76. The molecule has 1 amide bonds. The van der Waals surface area contributed by atoms with Crippen molar-refractivity contribution in [1.29, 1.82) is 0 Å². The lowest BCUT2D eigenvalue weighted by Crippen LogP contribution is -2.38. The highest BCUT2D eigenvalue weighted by atomic mass is 16.2. The van der Waals surface area contributed by atoms with E-state index in [1.165, 1.54) is 0 Å². The fraction of sp³-hybridized carbons (Fsp3) is 0.318. The number of carbonyl (C=O) groups excluding carboxylic acids is 1. The first-order chi connectivity index (χ1) is 14.1. The molecule has 0 radical (unpaired) electrons. The van der Waals surface area contributed by atoms with Gasteiger partial charge in [0.05, 0.1) is 11.9 Å². The number of nitrogens with one attached hydrogen (secondary N) is 1. The second-order valence-electron chi connectivity index (χ2n) is 7.35. The van der Waals surface area contributed by atoms with E-state index >= 15 is 0 Å². The number of amides is 1. The Hall–Kier alpha value is -3.35. The SMILES string of the molecule is Cc1cnc(C(=O)N2CCC(c3cccc(Nc4ncccc4C)n3)CC2)cn1. The average molecular weight is 388 g/mol. The van der Waals surface area contributed by atoms with E-state index in [0.29, 0.717) is 24.7 Å². The van der Waals surface area contributed by atoms with Crippen molar-refractivity contribution in [3.63, 3.8) is 0 Å². The van der Waals surface area contributed by atoms with Crippen LogP contribution >= 0.6 is 0 Å². The van der Waals surface area contributed by atoms with Crippen molar-refractivity contribution in [2.75, 3.05) is 18.4 Å². The molecular formula is C22H24N6O. The van der Waals surface area contributed by atoms with Gasteiger partial charge in [-0.15, -0.1) is 0 Å². The van der Waals surface area contributed by atoms with E-state index in [9.17, 15) is 4.79 Å². The lowest BCUT2D eigenvalue weighted by molar-refractivity contribution is 0.0705. The van der Waals surface area contributed by atoms with Crippen LogP contribution in [0.2, 0.25) is 0 Å². The number of pyridine rings is 2. The number of hydrogen-bond acceptors (Lipinski definition) is 6. The van der Waals surface area contributed by atoms with Crippen LogP contribution in [0.25, 0.3) is 0 Å². The van der Waals surface area contributed by atoms with E-state index in [4.69, 9.17) is 4.98 Å². The summed E-state index contributed by atoms with van der Waals surface area (Å²) in [5.74, 6) is 1.88. The molecule has 7 nitrogen and oxygen atoms in total. The maximum atomic E-state index is 12.6. The number of hydrogen-bond donors (Lipinski definition) is 1. The normalized spacial score (nSPS) is 14.6. The minimum absolute atomic E-state index is 0.0510. The largest absolute Gasteiger partial charge is 0.337 e. The molecule has 4 rings (SSSR count). The zero-order chi connectivity index (χ0) is 20.2. The van der Waals surface area contributed by atoms with E-state index < -0.39 is 0 Å². The Morgan fingerprint density at radius 3 is 2.59 bits per heavy atom. The molecular weight excluding hydrogens is 364 g/mol. The van der Waals surface area contributed by atoms with Gasteiger partial charge in [0.15, 0.2) is 0 Å². The summed E-state index contributed by atoms with van der Waals surface area (Å²) in [5.41, 5.74) is 3.33. The first-order valence-electron chi connectivity index (χ1n) is 9.83. The molecule has 0 bridgehead atoms. The maximum absolute atomic E-state index is 12.6. The third-order valence-electron chi connectivity index (χ3n) is 5.23. The van der Waals surface area contributed by atoms with Gasteiger partial charge in [-0.05, 0) is 50.5 Å². The Bertz CT molecular complexity index is 996. The van der Waals surface area contributed by atoms with E-state index in [-0.39, 0.29) is 5.91 Å². The second-order valence-corrected chi connectivity index (χ2v) is 7.35. The third-order valence-corrected chi connectivity index (χ3v) is 5.23. The topological polar surface area (TPSA) is 83.9 Å². The molecule has 0 atom stereocenters. The number of piperidine rings is 1. The minimum atomic E-state index is -0.0510. The van der Waals surface area contributed by atoms with Crippen LogP contribution in [0.5, 0.6) is 0 Å². The molecule has 1 saturated heterocycles. The summed E-state index contributed by atoms with van der Waals surface area (Å²) in [6.45, 7) is 5.26. The predicted molar refractivity (Wildman–Crippen MR) is 111 cm³/mol. The van der Waals surface area contributed by atoms with Crippen molar-refractivity contribution < 1.29 is 4.79 Å². The molecule has 3 aromatic heterocycles.